The van der Waals surface area contributed by atoms with Crippen LogP contribution in [-0.2, 0) is 4.79 Å². The zero-order valence-corrected chi connectivity index (χ0v) is 17.2. The van der Waals surface area contributed by atoms with E-state index in [-0.39, 0.29) is 11.7 Å². The average molecular weight is 411 g/mol. The van der Waals surface area contributed by atoms with Crippen molar-refractivity contribution in [3.8, 4) is 28.5 Å². The molecular weight excluding hydrogens is 390 g/mol. The SMILES string of the molecule is COc1ccc(-c2ccc(SCC(=O)Nc3cc(OC)cc(OC)c3)nn2)cc1. The quantitative estimate of drug-likeness (QED) is 0.563. The molecule has 0 bridgehead atoms. The van der Waals surface area contributed by atoms with Gasteiger partial charge in [-0.3, -0.25) is 4.79 Å². The lowest BCUT2D eigenvalue weighted by molar-refractivity contribution is -0.113. The fourth-order valence-electron chi connectivity index (χ4n) is 2.53. The van der Waals surface area contributed by atoms with Crippen molar-refractivity contribution in [2.24, 2.45) is 0 Å². The summed E-state index contributed by atoms with van der Waals surface area (Å²) in [5.74, 6) is 2.04. The van der Waals surface area contributed by atoms with Crippen molar-refractivity contribution in [2.45, 2.75) is 5.03 Å². The standard InChI is InChI=1S/C21H21N3O4S/c1-26-16-6-4-14(5-7-16)19-8-9-21(24-23-19)29-13-20(25)22-15-10-17(27-2)12-18(11-15)28-3/h4-12H,13H2,1-3H3,(H,22,25). The number of benzene rings is 2. The number of hydrogen-bond donors (Lipinski definition) is 1. The number of nitrogens with zero attached hydrogens (tertiary/aromatic N) is 2. The number of nitrogens with one attached hydrogen (secondary N) is 1. The third-order valence-corrected chi connectivity index (χ3v) is 4.93. The summed E-state index contributed by atoms with van der Waals surface area (Å²) < 4.78 is 15.6. The molecule has 1 aromatic heterocycles. The molecule has 2 aromatic carbocycles. The largest absolute Gasteiger partial charge is 0.497 e. The van der Waals surface area contributed by atoms with E-state index in [1.165, 1.54) is 11.8 Å². The molecule has 0 atom stereocenters. The van der Waals surface area contributed by atoms with Crippen LogP contribution in [0.3, 0.4) is 0 Å². The Kier molecular flexibility index (Phi) is 6.91. The Labute approximate surface area is 173 Å². The maximum absolute atomic E-state index is 12.3. The van der Waals surface area contributed by atoms with Crippen molar-refractivity contribution in [2.75, 3.05) is 32.4 Å². The lowest BCUT2D eigenvalue weighted by Gasteiger charge is -2.09. The minimum Gasteiger partial charge on any atom is -0.497 e. The minimum absolute atomic E-state index is 0.161. The van der Waals surface area contributed by atoms with Crippen LogP contribution in [0.15, 0.2) is 59.6 Å². The smallest absolute Gasteiger partial charge is 0.234 e. The molecule has 150 valence electrons. The Morgan fingerprint density at radius 1 is 0.862 bits per heavy atom. The molecule has 1 heterocycles. The zero-order chi connectivity index (χ0) is 20.6. The van der Waals surface area contributed by atoms with Gasteiger partial charge in [-0.05, 0) is 36.4 Å². The zero-order valence-electron chi connectivity index (χ0n) is 16.3. The van der Waals surface area contributed by atoms with E-state index in [1.54, 1.807) is 39.5 Å². The number of thioether (sulfide) groups is 1. The molecule has 29 heavy (non-hydrogen) atoms. The monoisotopic (exact) mass is 411 g/mol. The van der Waals surface area contributed by atoms with Gasteiger partial charge in [-0.1, -0.05) is 11.8 Å². The molecule has 8 heteroatoms. The highest BCUT2D eigenvalue weighted by molar-refractivity contribution is 7.99. The molecule has 0 spiro atoms. The first-order chi connectivity index (χ1) is 14.1. The van der Waals surface area contributed by atoms with Crippen molar-refractivity contribution in [3.63, 3.8) is 0 Å². The summed E-state index contributed by atoms with van der Waals surface area (Å²) in [7, 11) is 4.75. The van der Waals surface area contributed by atoms with Crippen molar-refractivity contribution >= 4 is 23.4 Å². The molecule has 1 amide bonds. The van der Waals surface area contributed by atoms with Crippen LogP contribution < -0.4 is 19.5 Å². The van der Waals surface area contributed by atoms with Crippen LogP contribution in [0.5, 0.6) is 17.2 Å². The highest BCUT2D eigenvalue weighted by Crippen LogP contribution is 2.26. The van der Waals surface area contributed by atoms with Crippen LogP contribution in [0.25, 0.3) is 11.3 Å². The fraction of sp³-hybridized carbons (Fsp3) is 0.190. The summed E-state index contributed by atoms with van der Waals surface area (Å²) >= 11 is 1.31. The molecule has 0 aliphatic carbocycles. The summed E-state index contributed by atoms with van der Waals surface area (Å²) in [4.78, 5) is 12.3. The van der Waals surface area contributed by atoms with Gasteiger partial charge in [0.15, 0.2) is 0 Å². The van der Waals surface area contributed by atoms with Crippen LogP contribution in [-0.4, -0.2) is 43.2 Å². The first-order valence-electron chi connectivity index (χ1n) is 8.75. The predicted molar refractivity (Wildman–Crippen MR) is 113 cm³/mol. The van der Waals surface area contributed by atoms with Crippen LogP contribution in [0, 0.1) is 0 Å². The van der Waals surface area contributed by atoms with Crippen LogP contribution in [0.1, 0.15) is 0 Å². The third kappa shape index (κ3) is 5.61. The molecule has 1 N–H and O–H groups in total. The van der Waals surface area contributed by atoms with Gasteiger partial charge < -0.3 is 19.5 Å². The molecule has 0 aliphatic rings. The molecule has 0 saturated heterocycles. The molecule has 0 fully saturated rings. The number of carbonyl (C=O) groups excluding carboxylic acids is 1. The highest BCUT2D eigenvalue weighted by atomic mass is 32.2. The minimum atomic E-state index is -0.161. The van der Waals surface area contributed by atoms with Gasteiger partial charge in [0.1, 0.15) is 22.3 Å². The summed E-state index contributed by atoms with van der Waals surface area (Å²) in [6, 6.07) is 16.5. The van der Waals surface area contributed by atoms with E-state index in [1.807, 2.05) is 36.4 Å². The summed E-state index contributed by atoms with van der Waals surface area (Å²) in [6.45, 7) is 0. The number of carbonyl (C=O) groups is 1. The third-order valence-electron chi connectivity index (χ3n) is 4.01. The van der Waals surface area contributed by atoms with E-state index in [0.717, 1.165) is 17.0 Å². The van der Waals surface area contributed by atoms with Gasteiger partial charge >= 0.3 is 0 Å². The van der Waals surface area contributed by atoms with Gasteiger partial charge in [0, 0.05) is 29.4 Å². The summed E-state index contributed by atoms with van der Waals surface area (Å²) in [5.41, 5.74) is 2.30. The number of aromatic nitrogens is 2. The Morgan fingerprint density at radius 2 is 1.52 bits per heavy atom. The molecule has 0 aliphatic heterocycles. The molecule has 3 aromatic rings. The first-order valence-corrected chi connectivity index (χ1v) is 9.73. The van der Waals surface area contributed by atoms with Crippen LogP contribution in [0.4, 0.5) is 5.69 Å². The second kappa shape index (κ2) is 9.79. The summed E-state index contributed by atoms with van der Waals surface area (Å²) in [6.07, 6.45) is 0. The number of rotatable bonds is 8. The maximum atomic E-state index is 12.3. The van der Waals surface area contributed by atoms with Gasteiger partial charge in [0.05, 0.1) is 32.8 Å². The van der Waals surface area contributed by atoms with Crippen molar-refractivity contribution in [1.29, 1.82) is 0 Å². The molecular formula is C21H21N3O4S. The maximum Gasteiger partial charge on any atom is 0.234 e. The van der Waals surface area contributed by atoms with E-state index in [4.69, 9.17) is 14.2 Å². The molecule has 7 nitrogen and oxygen atoms in total. The number of methoxy groups -OCH3 is 3. The van der Waals surface area contributed by atoms with Crippen LogP contribution in [0.2, 0.25) is 0 Å². The average Bonchev–Trinajstić information content (AvgIpc) is 2.77. The molecule has 3 rings (SSSR count). The fourth-order valence-corrected chi connectivity index (χ4v) is 3.14. The second-order valence-corrected chi connectivity index (χ2v) is 6.92. The second-order valence-electron chi connectivity index (χ2n) is 5.92. The van der Waals surface area contributed by atoms with Crippen molar-refractivity contribution < 1.29 is 19.0 Å². The summed E-state index contributed by atoms with van der Waals surface area (Å²) in [5, 5.41) is 11.9. The van der Waals surface area contributed by atoms with Gasteiger partial charge in [-0.25, -0.2) is 0 Å². The topological polar surface area (TPSA) is 82.6 Å². The van der Waals surface area contributed by atoms with E-state index in [0.29, 0.717) is 22.2 Å². The Bertz CT molecular complexity index is 940. The Balaban J connectivity index is 1.57. The van der Waals surface area contributed by atoms with E-state index >= 15 is 0 Å². The first kappa shape index (κ1) is 20.5. The van der Waals surface area contributed by atoms with Crippen molar-refractivity contribution in [3.05, 3.63) is 54.6 Å². The highest BCUT2D eigenvalue weighted by Gasteiger charge is 2.08. The molecule has 0 saturated carbocycles. The number of ether oxygens (including phenoxy) is 3. The Morgan fingerprint density at radius 3 is 2.07 bits per heavy atom. The van der Waals surface area contributed by atoms with Gasteiger partial charge in [-0.2, -0.15) is 0 Å². The van der Waals surface area contributed by atoms with Crippen LogP contribution >= 0.6 is 11.8 Å². The Hall–Kier alpha value is -3.26. The molecule has 0 unspecified atom stereocenters. The van der Waals surface area contributed by atoms with Crippen molar-refractivity contribution in [1.82, 2.24) is 10.2 Å². The van der Waals surface area contributed by atoms with Gasteiger partial charge in [0.25, 0.3) is 0 Å². The number of amides is 1. The van der Waals surface area contributed by atoms with E-state index in [9.17, 15) is 4.79 Å². The molecule has 0 radical (unpaired) electrons. The van der Waals surface area contributed by atoms with E-state index in [2.05, 4.69) is 15.5 Å². The lowest BCUT2D eigenvalue weighted by Crippen LogP contribution is -2.14. The number of anilines is 1. The van der Waals surface area contributed by atoms with Gasteiger partial charge in [0.2, 0.25) is 5.91 Å². The number of hydrogen-bond acceptors (Lipinski definition) is 7. The normalized spacial score (nSPS) is 10.3. The van der Waals surface area contributed by atoms with Gasteiger partial charge in [-0.15, -0.1) is 10.2 Å². The predicted octanol–water partition coefficient (Wildman–Crippen LogP) is 3.90. The van der Waals surface area contributed by atoms with E-state index < -0.39 is 0 Å². The lowest BCUT2D eigenvalue weighted by atomic mass is 10.1.